The molecule has 1 saturated heterocycles. The zero-order chi connectivity index (χ0) is 9.97. The van der Waals surface area contributed by atoms with Crippen molar-refractivity contribution in [3.63, 3.8) is 0 Å². The molecule has 1 aliphatic heterocycles. The summed E-state index contributed by atoms with van der Waals surface area (Å²) in [6.07, 6.45) is 4.21. The van der Waals surface area contributed by atoms with E-state index < -0.39 is 0 Å². The molecule has 0 amide bonds. The van der Waals surface area contributed by atoms with Gasteiger partial charge >= 0.3 is 0 Å². The standard InChI is InChI=1S/C12H24N2/c1-10-5-7-14(9-11(10)2)8-6-13-12-3-4-12/h10-13H,3-9H2,1-2H3. The van der Waals surface area contributed by atoms with E-state index in [4.69, 9.17) is 0 Å². The number of hydrogen-bond acceptors (Lipinski definition) is 2. The zero-order valence-electron chi connectivity index (χ0n) is 9.63. The predicted octanol–water partition coefficient (Wildman–Crippen LogP) is 1.72. The van der Waals surface area contributed by atoms with Gasteiger partial charge in [0.2, 0.25) is 0 Å². The van der Waals surface area contributed by atoms with Gasteiger partial charge in [-0.15, -0.1) is 0 Å². The number of likely N-dealkylation sites (tertiary alicyclic amines) is 1. The third-order valence-corrected chi connectivity index (χ3v) is 3.86. The molecule has 2 atom stereocenters. The van der Waals surface area contributed by atoms with E-state index in [1.807, 2.05) is 0 Å². The molecule has 2 unspecified atom stereocenters. The highest BCUT2D eigenvalue weighted by atomic mass is 15.1. The van der Waals surface area contributed by atoms with Gasteiger partial charge in [-0.1, -0.05) is 13.8 Å². The lowest BCUT2D eigenvalue weighted by atomic mass is 9.89. The summed E-state index contributed by atoms with van der Waals surface area (Å²) in [6, 6.07) is 0.871. The Kier molecular flexibility index (Phi) is 3.45. The third kappa shape index (κ3) is 2.96. The first-order valence-electron chi connectivity index (χ1n) is 6.21. The van der Waals surface area contributed by atoms with E-state index in [9.17, 15) is 0 Å². The van der Waals surface area contributed by atoms with E-state index in [-0.39, 0.29) is 0 Å². The van der Waals surface area contributed by atoms with Gasteiger partial charge in [-0.3, -0.25) is 0 Å². The minimum absolute atomic E-state index is 0.871. The van der Waals surface area contributed by atoms with Crippen molar-refractivity contribution in [2.45, 2.75) is 39.2 Å². The van der Waals surface area contributed by atoms with Gasteiger partial charge in [0.05, 0.1) is 0 Å². The molecule has 0 radical (unpaired) electrons. The van der Waals surface area contributed by atoms with Crippen molar-refractivity contribution >= 4 is 0 Å². The third-order valence-electron chi connectivity index (χ3n) is 3.86. The van der Waals surface area contributed by atoms with Crippen molar-refractivity contribution in [2.24, 2.45) is 11.8 Å². The molecule has 0 aromatic carbocycles. The summed E-state index contributed by atoms with van der Waals surface area (Å²) in [6.45, 7) is 9.88. The van der Waals surface area contributed by atoms with E-state index in [0.717, 1.165) is 17.9 Å². The topological polar surface area (TPSA) is 15.3 Å². The van der Waals surface area contributed by atoms with Gasteiger partial charge in [0.15, 0.2) is 0 Å². The Morgan fingerprint density at radius 1 is 1.14 bits per heavy atom. The van der Waals surface area contributed by atoms with Crippen LogP contribution in [-0.4, -0.2) is 37.1 Å². The lowest BCUT2D eigenvalue weighted by molar-refractivity contribution is 0.139. The Morgan fingerprint density at radius 3 is 2.57 bits per heavy atom. The molecule has 2 rings (SSSR count). The normalized spacial score (nSPS) is 34.7. The van der Waals surface area contributed by atoms with E-state index in [0.29, 0.717) is 0 Å². The molecule has 2 nitrogen and oxygen atoms in total. The van der Waals surface area contributed by atoms with Crippen LogP contribution in [0, 0.1) is 11.8 Å². The van der Waals surface area contributed by atoms with Gasteiger partial charge in [0.25, 0.3) is 0 Å². The summed E-state index contributed by atoms with van der Waals surface area (Å²) >= 11 is 0. The molecule has 1 aliphatic carbocycles. The first-order chi connectivity index (χ1) is 6.75. The van der Waals surface area contributed by atoms with Gasteiger partial charge in [-0.05, 0) is 37.6 Å². The maximum atomic E-state index is 3.59. The van der Waals surface area contributed by atoms with E-state index in [1.54, 1.807) is 0 Å². The summed E-state index contributed by atoms with van der Waals surface area (Å²) in [7, 11) is 0. The zero-order valence-corrected chi connectivity index (χ0v) is 9.63. The van der Waals surface area contributed by atoms with Gasteiger partial charge < -0.3 is 10.2 Å². The monoisotopic (exact) mass is 196 g/mol. The Labute approximate surface area is 88.1 Å². The van der Waals surface area contributed by atoms with Crippen LogP contribution in [0.25, 0.3) is 0 Å². The molecule has 1 N–H and O–H groups in total. The number of hydrogen-bond donors (Lipinski definition) is 1. The van der Waals surface area contributed by atoms with Crippen molar-refractivity contribution < 1.29 is 0 Å². The van der Waals surface area contributed by atoms with Crippen LogP contribution in [0.1, 0.15) is 33.1 Å². The Morgan fingerprint density at radius 2 is 1.93 bits per heavy atom. The quantitative estimate of drug-likeness (QED) is 0.736. The summed E-state index contributed by atoms with van der Waals surface area (Å²) in [4.78, 5) is 2.63. The van der Waals surface area contributed by atoms with Crippen LogP contribution in [0.15, 0.2) is 0 Å². The molecular formula is C12H24N2. The van der Waals surface area contributed by atoms with Crippen LogP contribution in [-0.2, 0) is 0 Å². The van der Waals surface area contributed by atoms with Crippen molar-refractivity contribution in [2.75, 3.05) is 26.2 Å². The van der Waals surface area contributed by atoms with Gasteiger partial charge in [-0.2, -0.15) is 0 Å². The van der Waals surface area contributed by atoms with Crippen LogP contribution < -0.4 is 5.32 Å². The number of rotatable bonds is 4. The molecular weight excluding hydrogens is 172 g/mol. The van der Waals surface area contributed by atoms with Gasteiger partial charge in [0.1, 0.15) is 0 Å². The summed E-state index contributed by atoms with van der Waals surface area (Å²) in [5, 5.41) is 3.59. The van der Waals surface area contributed by atoms with Crippen molar-refractivity contribution in [1.29, 1.82) is 0 Å². The fraction of sp³-hybridized carbons (Fsp3) is 1.00. The number of nitrogens with zero attached hydrogens (tertiary/aromatic N) is 1. The molecule has 0 aromatic rings. The van der Waals surface area contributed by atoms with Gasteiger partial charge in [0, 0.05) is 25.7 Å². The van der Waals surface area contributed by atoms with Crippen LogP contribution in [0.4, 0.5) is 0 Å². The first kappa shape index (κ1) is 10.4. The second-order valence-corrected chi connectivity index (χ2v) is 5.27. The highest BCUT2D eigenvalue weighted by molar-refractivity contribution is 4.82. The van der Waals surface area contributed by atoms with E-state index in [2.05, 4.69) is 24.1 Å². The van der Waals surface area contributed by atoms with Crippen LogP contribution in [0.3, 0.4) is 0 Å². The van der Waals surface area contributed by atoms with Crippen molar-refractivity contribution in [3.05, 3.63) is 0 Å². The molecule has 82 valence electrons. The second kappa shape index (κ2) is 4.63. The first-order valence-corrected chi connectivity index (χ1v) is 6.21. The van der Waals surface area contributed by atoms with E-state index in [1.165, 1.54) is 45.4 Å². The van der Waals surface area contributed by atoms with Crippen LogP contribution in [0.2, 0.25) is 0 Å². The molecule has 2 fully saturated rings. The lowest BCUT2D eigenvalue weighted by Crippen LogP contribution is -2.41. The molecule has 1 saturated carbocycles. The lowest BCUT2D eigenvalue weighted by Gasteiger charge is -2.35. The van der Waals surface area contributed by atoms with Crippen LogP contribution >= 0.6 is 0 Å². The molecule has 1 heterocycles. The highest BCUT2D eigenvalue weighted by Gasteiger charge is 2.23. The number of nitrogens with one attached hydrogen (secondary N) is 1. The predicted molar refractivity (Wildman–Crippen MR) is 60.4 cm³/mol. The minimum Gasteiger partial charge on any atom is -0.313 e. The molecule has 2 aliphatic rings. The highest BCUT2D eigenvalue weighted by Crippen LogP contribution is 2.22. The SMILES string of the molecule is CC1CCN(CCNC2CC2)CC1C. The smallest absolute Gasteiger partial charge is 0.0107 e. The number of piperidine rings is 1. The fourth-order valence-corrected chi connectivity index (χ4v) is 2.27. The molecule has 2 heteroatoms. The Bertz CT molecular complexity index is 177. The summed E-state index contributed by atoms with van der Waals surface area (Å²) < 4.78 is 0. The van der Waals surface area contributed by atoms with Crippen LogP contribution in [0.5, 0.6) is 0 Å². The second-order valence-electron chi connectivity index (χ2n) is 5.27. The average molecular weight is 196 g/mol. The molecule has 14 heavy (non-hydrogen) atoms. The van der Waals surface area contributed by atoms with Crippen molar-refractivity contribution in [3.8, 4) is 0 Å². The maximum absolute atomic E-state index is 3.59. The van der Waals surface area contributed by atoms with Crippen molar-refractivity contribution in [1.82, 2.24) is 10.2 Å². The Balaban J connectivity index is 1.60. The maximum Gasteiger partial charge on any atom is 0.0107 e. The fourth-order valence-electron chi connectivity index (χ4n) is 2.27. The molecule has 0 aromatic heterocycles. The molecule has 0 spiro atoms. The Hall–Kier alpha value is -0.0800. The van der Waals surface area contributed by atoms with E-state index >= 15 is 0 Å². The minimum atomic E-state index is 0.871. The average Bonchev–Trinajstić information content (AvgIpc) is 2.95. The van der Waals surface area contributed by atoms with Gasteiger partial charge in [-0.25, -0.2) is 0 Å². The summed E-state index contributed by atoms with van der Waals surface area (Å²) in [5.41, 5.74) is 0. The molecule has 0 bridgehead atoms. The summed E-state index contributed by atoms with van der Waals surface area (Å²) in [5.74, 6) is 1.83. The largest absolute Gasteiger partial charge is 0.313 e.